The normalized spacial score (nSPS) is 19.2. The summed E-state index contributed by atoms with van der Waals surface area (Å²) in [6.45, 7) is 5.11. The molecule has 1 aliphatic heterocycles. The maximum atomic E-state index is 5.60. The van der Waals surface area contributed by atoms with Crippen molar-refractivity contribution in [2.45, 2.75) is 39.0 Å². The summed E-state index contributed by atoms with van der Waals surface area (Å²) in [5, 5.41) is 0. The lowest BCUT2D eigenvalue weighted by atomic mass is 9.94. The highest BCUT2D eigenvalue weighted by molar-refractivity contribution is 5.87. The Kier molecular flexibility index (Phi) is 6.86. The van der Waals surface area contributed by atoms with Gasteiger partial charge < -0.3 is 10.6 Å². The molecular formula is C13H26N4. The van der Waals surface area contributed by atoms with Crippen molar-refractivity contribution in [3.05, 3.63) is 0 Å². The van der Waals surface area contributed by atoms with Crippen LogP contribution in [0.5, 0.6) is 0 Å². The monoisotopic (exact) mass is 238 g/mol. The molecule has 98 valence electrons. The summed E-state index contributed by atoms with van der Waals surface area (Å²) in [5.74, 6) is 1.69. The van der Waals surface area contributed by atoms with Crippen LogP contribution in [0.15, 0.2) is 9.98 Å². The second kappa shape index (κ2) is 8.23. The molecule has 0 aromatic rings. The predicted molar refractivity (Wildman–Crippen MR) is 74.7 cm³/mol. The Morgan fingerprint density at radius 2 is 2.12 bits per heavy atom. The van der Waals surface area contributed by atoms with E-state index >= 15 is 0 Å². The standard InChI is InChI=1S/C13H26N4/c1-3-4-9-16-13(15-2)17-10-6-12(5-8-14)7-11-17/h9,12H,3-8,10-11,14H2,1-2H3. The topological polar surface area (TPSA) is 54.0 Å². The van der Waals surface area contributed by atoms with Gasteiger partial charge in [0.1, 0.15) is 0 Å². The number of guanidine groups is 1. The van der Waals surface area contributed by atoms with E-state index in [9.17, 15) is 0 Å². The van der Waals surface area contributed by atoms with Crippen LogP contribution in [0.2, 0.25) is 0 Å². The lowest BCUT2D eigenvalue weighted by Crippen LogP contribution is -2.38. The molecule has 1 fully saturated rings. The van der Waals surface area contributed by atoms with Crippen LogP contribution in [-0.2, 0) is 0 Å². The smallest absolute Gasteiger partial charge is 0.219 e. The molecule has 1 aliphatic rings. The van der Waals surface area contributed by atoms with Crippen LogP contribution in [0.25, 0.3) is 0 Å². The molecule has 2 N–H and O–H groups in total. The van der Waals surface area contributed by atoms with Gasteiger partial charge in [-0.1, -0.05) is 13.3 Å². The van der Waals surface area contributed by atoms with Crippen LogP contribution in [0, 0.1) is 5.92 Å². The SMILES string of the molecule is CCCC=NC(=NC)N1CCC(CCN)CC1. The fraction of sp³-hybridized carbons (Fsp3) is 0.846. The van der Waals surface area contributed by atoms with Gasteiger partial charge in [0.25, 0.3) is 0 Å². The first-order valence-corrected chi connectivity index (χ1v) is 6.76. The van der Waals surface area contributed by atoms with Crippen molar-refractivity contribution in [3.8, 4) is 0 Å². The molecular weight excluding hydrogens is 212 g/mol. The molecule has 0 bridgehead atoms. The summed E-state index contributed by atoms with van der Waals surface area (Å²) in [5.41, 5.74) is 5.60. The number of nitrogens with zero attached hydrogens (tertiary/aromatic N) is 3. The fourth-order valence-corrected chi connectivity index (χ4v) is 2.21. The number of likely N-dealkylation sites (tertiary alicyclic amines) is 1. The van der Waals surface area contributed by atoms with Gasteiger partial charge in [0.05, 0.1) is 0 Å². The Hall–Kier alpha value is -0.900. The van der Waals surface area contributed by atoms with Crippen molar-refractivity contribution < 1.29 is 0 Å². The molecule has 0 radical (unpaired) electrons. The molecule has 4 nitrogen and oxygen atoms in total. The quantitative estimate of drug-likeness (QED) is 0.601. The van der Waals surface area contributed by atoms with Crippen LogP contribution in [-0.4, -0.2) is 43.8 Å². The fourth-order valence-electron chi connectivity index (χ4n) is 2.21. The number of hydrogen-bond acceptors (Lipinski definition) is 2. The van der Waals surface area contributed by atoms with Crippen molar-refractivity contribution in [2.75, 3.05) is 26.7 Å². The van der Waals surface area contributed by atoms with Gasteiger partial charge in [-0.3, -0.25) is 4.99 Å². The Bertz CT molecular complexity index is 252. The maximum Gasteiger partial charge on any atom is 0.219 e. The van der Waals surface area contributed by atoms with Crippen molar-refractivity contribution in [1.82, 2.24) is 4.90 Å². The Morgan fingerprint density at radius 1 is 1.41 bits per heavy atom. The minimum Gasteiger partial charge on any atom is -0.341 e. The summed E-state index contributed by atoms with van der Waals surface area (Å²) in [7, 11) is 1.82. The van der Waals surface area contributed by atoms with Crippen LogP contribution >= 0.6 is 0 Å². The molecule has 0 amide bonds. The van der Waals surface area contributed by atoms with E-state index in [4.69, 9.17) is 5.73 Å². The average Bonchev–Trinajstić information content (AvgIpc) is 2.36. The summed E-state index contributed by atoms with van der Waals surface area (Å²) in [6.07, 6.45) is 7.75. The third-order valence-electron chi connectivity index (χ3n) is 3.30. The Balaban J connectivity index is 2.40. The second-order valence-electron chi connectivity index (χ2n) is 4.63. The summed E-state index contributed by atoms with van der Waals surface area (Å²) in [6, 6.07) is 0. The van der Waals surface area contributed by atoms with E-state index in [0.717, 1.165) is 50.8 Å². The highest BCUT2D eigenvalue weighted by Crippen LogP contribution is 2.20. The van der Waals surface area contributed by atoms with Crippen molar-refractivity contribution in [3.63, 3.8) is 0 Å². The van der Waals surface area contributed by atoms with Gasteiger partial charge in [-0.25, -0.2) is 4.99 Å². The second-order valence-corrected chi connectivity index (χ2v) is 4.63. The van der Waals surface area contributed by atoms with Gasteiger partial charge >= 0.3 is 0 Å². The number of aliphatic imine (C=N–C) groups is 2. The van der Waals surface area contributed by atoms with Gasteiger partial charge in [0.2, 0.25) is 5.96 Å². The van der Waals surface area contributed by atoms with E-state index in [2.05, 4.69) is 21.8 Å². The molecule has 0 unspecified atom stereocenters. The number of rotatable bonds is 4. The summed E-state index contributed by atoms with van der Waals surface area (Å²) >= 11 is 0. The van der Waals surface area contributed by atoms with Gasteiger partial charge in [0, 0.05) is 26.4 Å². The lowest BCUT2D eigenvalue weighted by molar-refractivity contribution is 0.256. The van der Waals surface area contributed by atoms with E-state index in [0.29, 0.717) is 0 Å². The van der Waals surface area contributed by atoms with Gasteiger partial charge in [-0.2, -0.15) is 0 Å². The molecule has 0 aliphatic carbocycles. The van der Waals surface area contributed by atoms with E-state index in [1.54, 1.807) is 0 Å². The molecule has 4 heteroatoms. The average molecular weight is 238 g/mol. The molecule has 0 atom stereocenters. The first-order valence-electron chi connectivity index (χ1n) is 6.76. The number of unbranched alkanes of at least 4 members (excludes halogenated alkanes) is 1. The molecule has 0 spiro atoms. The lowest BCUT2D eigenvalue weighted by Gasteiger charge is -2.32. The van der Waals surface area contributed by atoms with Crippen LogP contribution < -0.4 is 5.73 Å². The van der Waals surface area contributed by atoms with E-state index in [-0.39, 0.29) is 0 Å². The number of nitrogens with two attached hydrogens (primary N) is 1. The largest absolute Gasteiger partial charge is 0.341 e. The van der Waals surface area contributed by atoms with Crippen molar-refractivity contribution >= 4 is 12.2 Å². The number of hydrogen-bond donors (Lipinski definition) is 1. The summed E-state index contributed by atoms with van der Waals surface area (Å²) in [4.78, 5) is 11.0. The predicted octanol–water partition coefficient (Wildman–Crippen LogP) is 1.90. The maximum absolute atomic E-state index is 5.60. The van der Waals surface area contributed by atoms with Crippen molar-refractivity contribution in [2.24, 2.45) is 21.6 Å². The van der Waals surface area contributed by atoms with Gasteiger partial charge in [-0.05, 0) is 38.1 Å². The first-order chi connectivity index (χ1) is 8.31. The molecule has 17 heavy (non-hydrogen) atoms. The highest BCUT2D eigenvalue weighted by Gasteiger charge is 2.20. The molecule has 0 aromatic carbocycles. The van der Waals surface area contributed by atoms with Crippen molar-refractivity contribution in [1.29, 1.82) is 0 Å². The van der Waals surface area contributed by atoms with Gasteiger partial charge in [0.15, 0.2) is 0 Å². The molecule has 1 heterocycles. The zero-order chi connectivity index (χ0) is 12.5. The summed E-state index contributed by atoms with van der Waals surface area (Å²) < 4.78 is 0. The van der Waals surface area contributed by atoms with E-state index in [1.807, 2.05) is 13.3 Å². The molecule has 0 saturated carbocycles. The molecule has 1 rings (SSSR count). The zero-order valence-electron chi connectivity index (χ0n) is 11.2. The van der Waals surface area contributed by atoms with Crippen LogP contribution in [0.1, 0.15) is 39.0 Å². The molecule has 0 aromatic heterocycles. The van der Waals surface area contributed by atoms with E-state index < -0.39 is 0 Å². The zero-order valence-corrected chi connectivity index (χ0v) is 11.2. The Labute approximate surface area is 105 Å². The number of piperidine rings is 1. The third kappa shape index (κ3) is 4.86. The van der Waals surface area contributed by atoms with Gasteiger partial charge in [-0.15, -0.1) is 0 Å². The van der Waals surface area contributed by atoms with Crippen LogP contribution in [0.3, 0.4) is 0 Å². The minimum absolute atomic E-state index is 0.800. The van der Waals surface area contributed by atoms with E-state index in [1.165, 1.54) is 12.8 Å². The molecule has 1 saturated heterocycles. The Morgan fingerprint density at radius 3 is 2.65 bits per heavy atom. The highest BCUT2D eigenvalue weighted by atomic mass is 15.3. The minimum atomic E-state index is 0.800. The van der Waals surface area contributed by atoms with Crippen LogP contribution in [0.4, 0.5) is 0 Å². The first kappa shape index (κ1) is 14.2. The third-order valence-corrected chi connectivity index (χ3v) is 3.30.